The monoisotopic (exact) mass is 262 g/mol. The van der Waals surface area contributed by atoms with Gasteiger partial charge in [-0.05, 0) is 0 Å². The molecule has 0 radical (unpaired) electrons. The lowest BCUT2D eigenvalue weighted by Gasteiger charge is -1.75. The molecule has 0 amide bonds. The Bertz CT molecular complexity index is 36.6. The van der Waals surface area contributed by atoms with Gasteiger partial charge in [-0.2, -0.15) is 0 Å². The quantitative estimate of drug-likeness (QED) is 0.384. The summed E-state index contributed by atoms with van der Waals surface area (Å²) in [6.07, 6.45) is 0. The number of halogens is 2. The third kappa shape index (κ3) is 5.17. The standard InChI is InChI=1S/C2H4BrISi/c1-2-5(3)4/h2,5H,1H2. The number of rotatable bonds is 1. The Labute approximate surface area is 54.0 Å². The van der Waals surface area contributed by atoms with Crippen molar-refractivity contribution in [2.24, 2.45) is 0 Å². The maximum Gasteiger partial charge on any atom is 0.203 e. The van der Waals surface area contributed by atoms with E-state index in [0.717, 1.165) is 0 Å². The fourth-order valence-electron chi connectivity index (χ4n) is 0. The van der Waals surface area contributed by atoms with Crippen LogP contribution in [-0.4, -0.2) is 4.91 Å². The van der Waals surface area contributed by atoms with Crippen molar-refractivity contribution in [1.29, 1.82) is 0 Å². The van der Waals surface area contributed by atoms with E-state index in [1.165, 1.54) is 0 Å². The Morgan fingerprint density at radius 2 is 2.20 bits per heavy atom. The van der Waals surface area contributed by atoms with Crippen molar-refractivity contribution >= 4 is 42.0 Å². The highest BCUT2D eigenvalue weighted by Gasteiger charge is 1.84. The van der Waals surface area contributed by atoms with E-state index in [9.17, 15) is 0 Å². The van der Waals surface area contributed by atoms with Crippen LogP contribution in [0.15, 0.2) is 12.3 Å². The molecule has 0 rings (SSSR count). The van der Waals surface area contributed by atoms with Gasteiger partial charge in [0.2, 0.25) is 4.91 Å². The van der Waals surface area contributed by atoms with Crippen LogP contribution in [0, 0.1) is 0 Å². The second-order valence-corrected chi connectivity index (χ2v) is 13.8. The zero-order valence-corrected chi connectivity index (χ0v) is 7.52. The molecule has 0 aliphatic heterocycles. The summed E-state index contributed by atoms with van der Waals surface area (Å²) >= 11 is 5.72. The molecule has 0 heterocycles. The summed E-state index contributed by atoms with van der Waals surface area (Å²) in [4.78, 5) is -0.603. The zero-order valence-electron chi connectivity index (χ0n) is 2.62. The molecule has 0 aromatic rings. The summed E-state index contributed by atoms with van der Waals surface area (Å²) in [7, 11) is 0. The largest absolute Gasteiger partial charge is 0.203 e. The van der Waals surface area contributed by atoms with Crippen LogP contribution in [0.4, 0.5) is 0 Å². The van der Waals surface area contributed by atoms with Crippen LogP contribution in [0.5, 0.6) is 0 Å². The lowest BCUT2D eigenvalue weighted by Crippen LogP contribution is -1.75. The van der Waals surface area contributed by atoms with Crippen LogP contribution < -0.4 is 0 Å². The second-order valence-electron chi connectivity index (χ2n) is 0.570. The predicted octanol–water partition coefficient (Wildman–Crippen LogP) is 1.76. The Balaban J connectivity index is 2.83. The number of hydrogen-bond acceptors (Lipinski definition) is 0. The fourth-order valence-corrected chi connectivity index (χ4v) is 0. The minimum Gasteiger partial charge on any atom is -0.111 e. The maximum absolute atomic E-state index is 3.57. The molecule has 0 bridgehead atoms. The predicted molar refractivity (Wildman–Crippen MR) is 40.3 cm³/mol. The molecule has 0 fully saturated rings. The lowest BCUT2D eigenvalue weighted by atomic mass is 11.3. The topological polar surface area (TPSA) is 0 Å². The average Bonchev–Trinajstić information content (AvgIpc) is 1.38. The van der Waals surface area contributed by atoms with E-state index in [1.54, 1.807) is 0 Å². The molecule has 0 aliphatic carbocycles. The van der Waals surface area contributed by atoms with E-state index >= 15 is 0 Å². The summed E-state index contributed by atoms with van der Waals surface area (Å²) < 4.78 is 0. The molecular formula is C2H4BrISi. The van der Waals surface area contributed by atoms with Crippen molar-refractivity contribution in [2.45, 2.75) is 0 Å². The fraction of sp³-hybridized carbons (Fsp3) is 0. The highest BCUT2D eigenvalue weighted by molar-refractivity contribution is 14.1. The van der Waals surface area contributed by atoms with E-state index in [0.29, 0.717) is 0 Å². The van der Waals surface area contributed by atoms with Crippen LogP contribution in [0.3, 0.4) is 0 Å². The second kappa shape index (κ2) is 3.36. The van der Waals surface area contributed by atoms with Crippen LogP contribution in [0.25, 0.3) is 0 Å². The molecule has 5 heavy (non-hydrogen) atoms. The van der Waals surface area contributed by atoms with Gasteiger partial charge in [0.25, 0.3) is 0 Å². The van der Waals surface area contributed by atoms with Crippen LogP contribution in [0.1, 0.15) is 0 Å². The first kappa shape index (κ1) is 6.17. The van der Waals surface area contributed by atoms with Crippen molar-refractivity contribution in [2.75, 3.05) is 0 Å². The van der Waals surface area contributed by atoms with Crippen LogP contribution >= 0.6 is 37.1 Å². The molecule has 30 valence electrons. The van der Waals surface area contributed by atoms with Crippen molar-refractivity contribution in [3.05, 3.63) is 12.3 Å². The normalized spacial score (nSPS) is 14.0. The minimum atomic E-state index is -0.603. The first-order valence-electron chi connectivity index (χ1n) is 1.18. The average molecular weight is 263 g/mol. The molecule has 0 saturated heterocycles. The van der Waals surface area contributed by atoms with Gasteiger partial charge < -0.3 is 0 Å². The SMILES string of the molecule is C=C[SiH](Br)I. The Hall–Kier alpha value is 1.17. The molecule has 0 saturated carbocycles. The molecule has 1 unspecified atom stereocenters. The van der Waals surface area contributed by atoms with Crippen molar-refractivity contribution in [3.8, 4) is 0 Å². The molecule has 0 nitrogen and oxygen atoms in total. The Morgan fingerprint density at radius 3 is 2.20 bits per heavy atom. The van der Waals surface area contributed by atoms with E-state index in [1.807, 2.05) is 5.70 Å². The van der Waals surface area contributed by atoms with Gasteiger partial charge >= 0.3 is 0 Å². The smallest absolute Gasteiger partial charge is 0.111 e. The van der Waals surface area contributed by atoms with Gasteiger partial charge in [0.15, 0.2) is 0 Å². The molecule has 0 aliphatic rings. The third-order valence-electron chi connectivity index (χ3n) is 0.178. The summed E-state index contributed by atoms with van der Waals surface area (Å²) in [5, 5.41) is 0. The number of hydrogen-bond donors (Lipinski definition) is 0. The summed E-state index contributed by atoms with van der Waals surface area (Å²) in [6, 6.07) is 0. The minimum absolute atomic E-state index is 0.603. The van der Waals surface area contributed by atoms with E-state index in [-0.39, 0.29) is 0 Å². The molecule has 0 aromatic heterocycles. The summed E-state index contributed by atoms with van der Waals surface area (Å²) in [6.45, 7) is 3.57. The van der Waals surface area contributed by atoms with Gasteiger partial charge in [0.1, 0.15) is 0 Å². The van der Waals surface area contributed by atoms with Crippen molar-refractivity contribution in [1.82, 2.24) is 0 Å². The molecule has 3 heteroatoms. The zero-order chi connectivity index (χ0) is 4.28. The van der Waals surface area contributed by atoms with Crippen LogP contribution in [0.2, 0.25) is 0 Å². The van der Waals surface area contributed by atoms with Crippen molar-refractivity contribution in [3.63, 3.8) is 0 Å². The van der Waals surface area contributed by atoms with Crippen LogP contribution in [-0.2, 0) is 0 Å². The lowest BCUT2D eigenvalue weighted by molar-refractivity contribution is 2.61. The van der Waals surface area contributed by atoms with E-state index in [4.69, 9.17) is 0 Å². The summed E-state index contributed by atoms with van der Waals surface area (Å²) in [5.41, 5.74) is 1.96. The maximum atomic E-state index is 3.57. The Morgan fingerprint density at radius 1 is 2.00 bits per heavy atom. The van der Waals surface area contributed by atoms with Gasteiger partial charge in [-0.3, -0.25) is 0 Å². The third-order valence-corrected chi connectivity index (χ3v) is 3.18. The molecule has 0 spiro atoms. The molecule has 1 atom stereocenters. The first-order chi connectivity index (χ1) is 2.27. The first-order valence-corrected chi connectivity index (χ1v) is 9.20. The Kier molecular flexibility index (Phi) is 4.14. The highest BCUT2D eigenvalue weighted by atomic mass is 127. The molecular weight excluding hydrogens is 259 g/mol. The molecule has 0 N–H and O–H groups in total. The van der Waals surface area contributed by atoms with Gasteiger partial charge in [-0.15, -0.1) is 43.7 Å². The van der Waals surface area contributed by atoms with Gasteiger partial charge in [-0.25, -0.2) is 0 Å². The van der Waals surface area contributed by atoms with Gasteiger partial charge in [0, 0.05) is 0 Å². The van der Waals surface area contributed by atoms with E-state index in [2.05, 4.69) is 43.7 Å². The molecule has 0 aromatic carbocycles. The highest BCUT2D eigenvalue weighted by Crippen LogP contribution is 2.01. The van der Waals surface area contributed by atoms with Crippen molar-refractivity contribution < 1.29 is 0 Å². The van der Waals surface area contributed by atoms with Gasteiger partial charge in [-0.1, -0.05) is 5.70 Å². The van der Waals surface area contributed by atoms with Gasteiger partial charge in [0.05, 0.1) is 0 Å². The van der Waals surface area contributed by atoms with E-state index < -0.39 is 4.91 Å². The summed E-state index contributed by atoms with van der Waals surface area (Å²) in [5.74, 6) is 0.